The molecule has 1 aliphatic carbocycles. The first-order chi connectivity index (χ1) is 12.0. The van der Waals surface area contributed by atoms with Crippen LogP contribution in [0.3, 0.4) is 0 Å². The number of nitrogens with one attached hydrogen (secondary N) is 2. The number of anilines is 1. The number of rotatable bonds is 3. The van der Waals surface area contributed by atoms with E-state index in [4.69, 9.17) is 0 Å². The maximum Gasteiger partial charge on any atom is 0.263 e. The van der Waals surface area contributed by atoms with Crippen LogP contribution in [0.1, 0.15) is 23.1 Å². The van der Waals surface area contributed by atoms with Gasteiger partial charge in [0.25, 0.3) is 10.0 Å². The van der Waals surface area contributed by atoms with E-state index in [1.165, 1.54) is 17.2 Å². The van der Waals surface area contributed by atoms with Crippen molar-refractivity contribution in [1.82, 2.24) is 4.72 Å². The molecule has 2 aromatic carbocycles. The molecule has 0 radical (unpaired) electrons. The lowest BCUT2D eigenvalue weighted by Gasteiger charge is -2.06. The Hall–Kier alpha value is -2.67. The van der Waals surface area contributed by atoms with Gasteiger partial charge in [-0.05, 0) is 54.7 Å². The molecule has 2 N–H and O–H groups in total. The summed E-state index contributed by atoms with van der Waals surface area (Å²) in [5.74, 6) is -0.0753. The van der Waals surface area contributed by atoms with Crippen molar-refractivity contribution in [2.45, 2.75) is 24.2 Å². The molecular formula is C18H17N3O3S. The Balaban J connectivity index is 1.48. The first-order valence-corrected chi connectivity index (χ1v) is 9.59. The third-order valence-corrected chi connectivity index (χ3v) is 5.82. The zero-order valence-electron chi connectivity index (χ0n) is 13.5. The third-order valence-electron chi connectivity index (χ3n) is 4.43. The number of carbonyl (C=O) groups is 1. The standard InChI is InChI=1S/C18H17N3O3S/c22-17(20-14-9-8-12-4-3-5-13(12)10-14)11-19-18-15-6-1-2-7-16(15)25(23,24)21-18/h1-2,6-10H,3-5,11H2,(H,19,21)(H,20,22). The van der Waals surface area contributed by atoms with Crippen LogP contribution in [0, 0.1) is 0 Å². The molecule has 2 aromatic rings. The fourth-order valence-corrected chi connectivity index (χ4v) is 4.50. The zero-order valence-corrected chi connectivity index (χ0v) is 14.3. The summed E-state index contributed by atoms with van der Waals surface area (Å²) in [7, 11) is -3.58. The molecule has 0 saturated heterocycles. The number of aliphatic imine (C=N–C) groups is 1. The summed E-state index contributed by atoms with van der Waals surface area (Å²) >= 11 is 0. The SMILES string of the molecule is O=C(CN=C1NS(=O)(=O)c2ccccc21)Nc1ccc2c(c1)CCC2. The number of aryl methyl sites for hydroxylation is 2. The van der Waals surface area contributed by atoms with E-state index >= 15 is 0 Å². The van der Waals surface area contributed by atoms with Crippen molar-refractivity contribution >= 4 is 27.5 Å². The van der Waals surface area contributed by atoms with Crippen LogP contribution >= 0.6 is 0 Å². The highest BCUT2D eigenvalue weighted by Crippen LogP contribution is 2.25. The van der Waals surface area contributed by atoms with Gasteiger partial charge >= 0.3 is 0 Å². The molecule has 0 aromatic heterocycles. The Kier molecular flexibility index (Phi) is 3.80. The van der Waals surface area contributed by atoms with E-state index < -0.39 is 10.0 Å². The lowest BCUT2D eigenvalue weighted by Crippen LogP contribution is -2.24. The van der Waals surface area contributed by atoms with Crippen LogP contribution < -0.4 is 10.0 Å². The van der Waals surface area contributed by atoms with Gasteiger partial charge in [0.2, 0.25) is 5.91 Å². The second-order valence-corrected chi connectivity index (χ2v) is 7.80. The highest BCUT2D eigenvalue weighted by atomic mass is 32.2. The van der Waals surface area contributed by atoms with Crippen LogP contribution in [-0.4, -0.2) is 26.7 Å². The van der Waals surface area contributed by atoms with Crippen molar-refractivity contribution < 1.29 is 13.2 Å². The molecule has 7 heteroatoms. The maximum atomic E-state index is 12.1. The number of amidine groups is 1. The van der Waals surface area contributed by atoms with E-state index in [-0.39, 0.29) is 23.2 Å². The van der Waals surface area contributed by atoms with Crippen LogP contribution in [0.5, 0.6) is 0 Å². The lowest BCUT2D eigenvalue weighted by atomic mass is 10.1. The largest absolute Gasteiger partial charge is 0.324 e. The second-order valence-electron chi connectivity index (χ2n) is 6.15. The molecule has 6 nitrogen and oxygen atoms in total. The third kappa shape index (κ3) is 3.02. The number of fused-ring (bicyclic) bond motifs is 2. The van der Waals surface area contributed by atoms with E-state index in [0.29, 0.717) is 5.56 Å². The molecule has 25 heavy (non-hydrogen) atoms. The minimum atomic E-state index is -3.58. The Bertz CT molecular complexity index is 996. The van der Waals surface area contributed by atoms with Crippen molar-refractivity contribution in [2.75, 3.05) is 11.9 Å². The number of amides is 1. The smallest absolute Gasteiger partial charge is 0.263 e. The Morgan fingerprint density at radius 2 is 1.92 bits per heavy atom. The van der Waals surface area contributed by atoms with Crippen molar-refractivity contribution in [3.8, 4) is 0 Å². The van der Waals surface area contributed by atoms with Gasteiger partial charge in [-0.25, -0.2) is 8.42 Å². The summed E-state index contributed by atoms with van der Waals surface area (Å²) in [4.78, 5) is 16.5. The maximum absolute atomic E-state index is 12.1. The molecule has 0 atom stereocenters. The van der Waals surface area contributed by atoms with Gasteiger partial charge in [-0.3, -0.25) is 14.5 Å². The topological polar surface area (TPSA) is 87.6 Å². The molecule has 2 aliphatic rings. The quantitative estimate of drug-likeness (QED) is 0.881. The number of carbonyl (C=O) groups excluding carboxylic acids is 1. The van der Waals surface area contributed by atoms with E-state index in [1.807, 2.05) is 18.2 Å². The molecule has 1 amide bonds. The molecule has 0 unspecified atom stereocenters. The highest BCUT2D eigenvalue weighted by molar-refractivity contribution is 7.90. The Morgan fingerprint density at radius 3 is 2.80 bits per heavy atom. The summed E-state index contributed by atoms with van der Waals surface area (Å²) in [6.45, 7) is -0.150. The highest BCUT2D eigenvalue weighted by Gasteiger charge is 2.30. The van der Waals surface area contributed by atoms with Crippen LogP contribution in [0.25, 0.3) is 0 Å². The number of benzene rings is 2. The number of nitrogens with zero attached hydrogens (tertiary/aromatic N) is 1. The number of hydrogen-bond acceptors (Lipinski definition) is 4. The van der Waals surface area contributed by atoms with E-state index in [0.717, 1.165) is 24.9 Å². The molecule has 4 rings (SSSR count). The number of sulfonamides is 1. The summed E-state index contributed by atoms with van der Waals surface area (Å²) < 4.78 is 26.4. The van der Waals surface area contributed by atoms with E-state index in [2.05, 4.69) is 15.0 Å². The Morgan fingerprint density at radius 1 is 1.12 bits per heavy atom. The van der Waals surface area contributed by atoms with Crippen LogP contribution in [0.4, 0.5) is 5.69 Å². The Labute approximate surface area is 146 Å². The first-order valence-electron chi connectivity index (χ1n) is 8.11. The van der Waals surface area contributed by atoms with Gasteiger partial charge in [0.05, 0.1) is 4.90 Å². The van der Waals surface area contributed by atoms with Crippen molar-refractivity contribution in [2.24, 2.45) is 4.99 Å². The summed E-state index contributed by atoms with van der Waals surface area (Å²) in [6.07, 6.45) is 3.29. The molecule has 1 heterocycles. The average molecular weight is 355 g/mol. The average Bonchev–Trinajstić information content (AvgIpc) is 3.15. The monoisotopic (exact) mass is 355 g/mol. The fourth-order valence-electron chi connectivity index (χ4n) is 3.25. The van der Waals surface area contributed by atoms with Crippen LogP contribution in [-0.2, 0) is 27.7 Å². The van der Waals surface area contributed by atoms with Gasteiger partial charge < -0.3 is 5.32 Å². The second kappa shape index (κ2) is 6.00. The predicted molar refractivity (Wildman–Crippen MR) is 95.3 cm³/mol. The van der Waals surface area contributed by atoms with Gasteiger partial charge in [-0.1, -0.05) is 18.2 Å². The zero-order chi connectivity index (χ0) is 17.4. The van der Waals surface area contributed by atoms with Crippen molar-refractivity contribution in [1.29, 1.82) is 0 Å². The van der Waals surface area contributed by atoms with Crippen molar-refractivity contribution in [3.63, 3.8) is 0 Å². The van der Waals surface area contributed by atoms with Gasteiger partial charge in [0.1, 0.15) is 12.4 Å². The van der Waals surface area contributed by atoms with Gasteiger partial charge in [0.15, 0.2) is 0 Å². The molecule has 128 valence electrons. The molecule has 0 spiro atoms. The van der Waals surface area contributed by atoms with Gasteiger partial charge in [-0.15, -0.1) is 0 Å². The minimum absolute atomic E-state index is 0.150. The molecule has 0 bridgehead atoms. The normalized spacial score (nSPS) is 18.5. The number of hydrogen-bond donors (Lipinski definition) is 2. The molecule has 0 saturated carbocycles. The minimum Gasteiger partial charge on any atom is -0.324 e. The molecule has 1 aliphatic heterocycles. The summed E-state index contributed by atoms with van der Waals surface area (Å²) in [5, 5.41) is 2.82. The molecule has 0 fully saturated rings. The fraction of sp³-hybridized carbons (Fsp3) is 0.222. The van der Waals surface area contributed by atoms with Crippen LogP contribution in [0.15, 0.2) is 52.4 Å². The summed E-state index contributed by atoms with van der Waals surface area (Å²) in [6, 6.07) is 12.5. The summed E-state index contributed by atoms with van der Waals surface area (Å²) in [5.41, 5.74) is 3.86. The van der Waals surface area contributed by atoms with Crippen LogP contribution in [0.2, 0.25) is 0 Å². The van der Waals surface area contributed by atoms with Gasteiger partial charge in [-0.2, -0.15) is 0 Å². The molecular weight excluding hydrogens is 338 g/mol. The van der Waals surface area contributed by atoms with E-state index in [1.54, 1.807) is 18.2 Å². The first kappa shape index (κ1) is 15.8. The van der Waals surface area contributed by atoms with Gasteiger partial charge in [0, 0.05) is 11.3 Å². The lowest BCUT2D eigenvalue weighted by molar-refractivity contribution is -0.114. The van der Waals surface area contributed by atoms with Crippen molar-refractivity contribution in [3.05, 3.63) is 59.2 Å². The van der Waals surface area contributed by atoms with E-state index in [9.17, 15) is 13.2 Å². The predicted octanol–water partition coefficient (Wildman–Crippen LogP) is 1.85.